The maximum absolute atomic E-state index is 11.7. The Morgan fingerprint density at radius 2 is 1.95 bits per heavy atom. The minimum absolute atomic E-state index is 0.0830. The third-order valence-corrected chi connectivity index (χ3v) is 4.75. The van der Waals surface area contributed by atoms with Crippen LogP contribution in [0.2, 0.25) is 5.02 Å². The normalized spacial score (nSPS) is 13.7. The molecule has 0 radical (unpaired) electrons. The zero-order chi connectivity index (χ0) is 14.5. The Balaban J connectivity index is 2.84. The van der Waals surface area contributed by atoms with Crippen molar-refractivity contribution in [3.63, 3.8) is 0 Å². The lowest BCUT2D eigenvalue weighted by molar-refractivity contribution is 0.299. The average Bonchev–Trinajstić information content (AvgIpc) is 2.31. The zero-order valence-electron chi connectivity index (χ0n) is 11.6. The summed E-state index contributed by atoms with van der Waals surface area (Å²) in [5, 5.41) is 0.649. The molecular weight excluding hydrogens is 284 g/mol. The number of halogens is 1. The van der Waals surface area contributed by atoms with Gasteiger partial charge in [0.05, 0.1) is 5.75 Å². The number of benzene rings is 1. The topological polar surface area (TPSA) is 49.4 Å². The Hall–Kier alpha value is -0.620. The second kappa shape index (κ2) is 7.24. The first-order valence-corrected chi connectivity index (χ1v) is 8.28. The summed E-state index contributed by atoms with van der Waals surface area (Å²) in [5.74, 6) is 0.148. The fourth-order valence-corrected chi connectivity index (χ4v) is 3.22. The second-order valence-corrected chi connectivity index (χ2v) is 7.00. The van der Waals surface area contributed by atoms with E-state index in [1.807, 2.05) is 50.2 Å². The Kier molecular flexibility index (Phi) is 6.26. The Morgan fingerprint density at radius 3 is 2.47 bits per heavy atom. The lowest BCUT2D eigenvalue weighted by atomic mass is 10.1. The van der Waals surface area contributed by atoms with Crippen LogP contribution >= 0.6 is 11.6 Å². The van der Waals surface area contributed by atoms with Crippen molar-refractivity contribution in [2.45, 2.75) is 19.4 Å². The van der Waals surface area contributed by atoms with Crippen LogP contribution in [-0.4, -0.2) is 39.7 Å². The van der Waals surface area contributed by atoms with Gasteiger partial charge in [0.1, 0.15) is 0 Å². The molecule has 1 N–H and O–H groups in total. The molecule has 0 aliphatic carbocycles. The number of rotatable bonds is 7. The van der Waals surface area contributed by atoms with Crippen molar-refractivity contribution >= 4 is 21.6 Å². The molecule has 1 aromatic carbocycles. The van der Waals surface area contributed by atoms with Crippen LogP contribution in [0.3, 0.4) is 0 Å². The van der Waals surface area contributed by atoms with Gasteiger partial charge in [-0.3, -0.25) is 0 Å². The monoisotopic (exact) mass is 304 g/mol. The molecule has 0 saturated heterocycles. The lowest BCUT2D eigenvalue weighted by Crippen LogP contribution is -2.35. The fraction of sp³-hybridized carbons (Fsp3) is 0.538. The maximum atomic E-state index is 11.7. The van der Waals surface area contributed by atoms with Gasteiger partial charge in [0.15, 0.2) is 0 Å². The first kappa shape index (κ1) is 16.4. The number of hydrogen-bond acceptors (Lipinski definition) is 3. The molecule has 1 aromatic rings. The molecule has 6 heteroatoms. The molecule has 0 spiro atoms. The van der Waals surface area contributed by atoms with Crippen LogP contribution in [0.1, 0.15) is 24.9 Å². The summed E-state index contributed by atoms with van der Waals surface area (Å²) >= 11 is 6.17. The highest BCUT2D eigenvalue weighted by Gasteiger charge is 2.19. The summed E-state index contributed by atoms with van der Waals surface area (Å²) in [5.41, 5.74) is 0.924. The summed E-state index contributed by atoms with van der Waals surface area (Å²) in [6.07, 6.45) is 0.605. The van der Waals surface area contributed by atoms with Gasteiger partial charge in [-0.1, -0.05) is 36.7 Å². The standard InChI is InChI=1S/C13H21ClN2O2S/c1-4-9-19(17,18)15-10-13(16(2)3)11-7-5-6-8-12(11)14/h5-8,13,15H,4,9-10H2,1-3H3. The van der Waals surface area contributed by atoms with Crippen molar-refractivity contribution in [2.24, 2.45) is 0 Å². The predicted octanol–water partition coefficient (Wildman–Crippen LogP) is 2.27. The molecule has 19 heavy (non-hydrogen) atoms. The van der Waals surface area contributed by atoms with Crippen molar-refractivity contribution in [2.75, 3.05) is 26.4 Å². The third kappa shape index (κ3) is 5.10. The van der Waals surface area contributed by atoms with E-state index in [9.17, 15) is 8.42 Å². The first-order chi connectivity index (χ1) is 8.87. The molecule has 0 aliphatic heterocycles. The van der Waals surface area contributed by atoms with Crippen molar-refractivity contribution < 1.29 is 8.42 Å². The molecule has 0 aromatic heterocycles. The van der Waals surface area contributed by atoms with Gasteiger partial charge < -0.3 is 4.90 Å². The zero-order valence-corrected chi connectivity index (χ0v) is 13.1. The Morgan fingerprint density at radius 1 is 1.32 bits per heavy atom. The van der Waals surface area contributed by atoms with Crippen molar-refractivity contribution in [1.82, 2.24) is 9.62 Å². The van der Waals surface area contributed by atoms with Gasteiger partial charge in [-0.2, -0.15) is 0 Å². The molecule has 0 saturated carbocycles. The molecule has 0 amide bonds. The van der Waals surface area contributed by atoms with Gasteiger partial charge in [-0.15, -0.1) is 0 Å². The predicted molar refractivity (Wildman–Crippen MR) is 80.0 cm³/mol. The number of nitrogens with one attached hydrogen (secondary N) is 1. The molecule has 1 rings (SSSR count). The molecule has 1 unspecified atom stereocenters. The van der Waals surface area contributed by atoms with Crippen LogP contribution in [0, 0.1) is 0 Å². The molecule has 108 valence electrons. The van der Waals surface area contributed by atoms with Gasteiger partial charge in [0.2, 0.25) is 10.0 Å². The van der Waals surface area contributed by atoms with E-state index in [4.69, 9.17) is 11.6 Å². The van der Waals surface area contributed by atoms with Gasteiger partial charge >= 0.3 is 0 Å². The molecule has 0 aliphatic rings. The van der Waals surface area contributed by atoms with Crippen LogP contribution in [0.15, 0.2) is 24.3 Å². The van der Waals surface area contributed by atoms with Gasteiger partial charge in [0, 0.05) is 17.6 Å². The second-order valence-electron chi connectivity index (χ2n) is 4.67. The van der Waals surface area contributed by atoms with Crippen molar-refractivity contribution in [3.8, 4) is 0 Å². The van der Waals surface area contributed by atoms with Crippen LogP contribution in [0.4, 0.5) is 0 Å². The van der Waals surface area contributed by atoms with Crippen LogP contribution in [0.5, 0.6) is 0 Å². The van der Waals surface area contributed by atoms with E-state index in [0.29, 0.717) is 18.0 Å². The van der Waals surface area contributed by atoms with Gasteiger partial charge in [-0.05, 0) is 32.1 Å². The third-order valence-electron chi connectivity index (χ3n) is 2.86. The van der Waals surface area contributed by atoms with Crippen molar-refractivity contribution in [1.29, 1.82) is 0 Å². The van der Waals surface area contributed by atoms with E-state index in [1.54, 1.807) is 0 Å². The highest BCUT2D eigenvalue weighted by Crippen LogP contribution is 2.25. The van der Waals surface area contributed by atoms with Gasteiger partial charge in [0.25, 0.3) is 0 Å². The van der Waals surface area contributed by atoms with E-state index in [1.165, 1.54) is 0 Å². The highest BCUT2D eigenvalue weighted by atomic mass is 35.5. The quantitative estimate of drug-likeness (QED) is 0.841. The largest absolute Gasteiger partial charge is 0.301 e. The van der Waals surface area contributed by atoms with Crippen molar-refractivity contribution in [3.05, 3.63) is 34.9 Å². The minimum atomic E-state index is -3.20. The molecule has 1 atom stereocenters. The number of hydrogen-bond donors (Lipinski definition) is 1. The van der Waals surface area contributed by atoms with E-state index in [0.717, 1.165) is 5.56 Å². The van der Waals surface area contributed by atoms with Crippen LogP contribution < -0.4 is 4.72 Å². The van der Waals surface area contributed by atoms with E-state index >= 15 is 0 Å². The Bertz CT molecular complexity index is 503. The van der Waals surface area contributed by atoms with Gasteiger partial charge in [-0.25, -0.2) is 13.1 Å². The SMILES string of the molecule is CCCS(=O)(=O)NCC(c1ccccc1Cl)N(C)C. The molecule has 0 heterocycles. The lowest BCUT2D eigenvalue weighted by Gasteiger charge is -2.25. The molecule has 0 bridgehead atoms. The molecule has 0 fully saturated rings. The molecular formula is C13H21ClN2O2S. The van der Waals surface area contributed by atoms with Crippen LogP contribution in [-0.2, 0) is 10.0 Å². The summed E-state index contributed by atoms with van der Waals surface area (Å²) in [7, 11) is 0.609. The average molecular weight is 305 g/mol. The summed E-state index contributed by atoms with van der Waals surface area (Å²) in [4.78, 5) is 1.95. The summed E-state index contributed by atoms with van der Waals surface area (Å²) in [6, 6.07) is 7.41. The molecule has 4 nitrogen and oxygen atoms in total. The first-order valence-electron chi connectivity index (χ1n) is 6.25. The van der Waals surface area contributed by atoms with E-state index in [2.05, 4.69) is 4.72 Å². The fourth-order valence-electron chi connectivity index (χ4n) is 1.86. The number of nitrogens with zero attached hydrogens (tertiary/aromatic N) is 1. The summed E-state index contributed by atoms with van der Waals surface area (Å²) in [6.45, 7) is 2.16. The Labute approximate surface area is 120 Å². The number of likely N-dealkylation sites (N-methyl/N-ethyl adjacent to an activating group) is 1. The number of sulfonamides is 1. The maximum Gasteiger partial charge on any atom is 0.211 e. The van der Waals surface area contributed by atoms with Crippen LogP contribution in [0.25, 0.3) is 0 Å². The van der Waals surface area contributed by atoms with E-state index < -0.39 is 10.0 Å². The smallest absolute Gasteiger partial charge is 0.211 e. The minimum Gasteiger partial charge on any atom is -0.301 e. The summed E-state index contributed by atoms with van der Waals surface area (Å²) < 4.78 is 26.1. The highest BCUT2D eigenvalue weighted by molar-refractivity contribution is 7.89. The van der Waals surface area contributed by atoms with E-state index in [-0.39, 0.29) is 11.8 Å².